The van der Waals surface area contributed by atoms with Crippen LogP contribution in [0.1, 0.15) is 116 Å². The largest absolute Gasteiger partial charge is 0.355 e. The number of rotatable bonds is 12. The van der Waals surface area contributed by atoms with Crippen molar-refractivity contribution in [3.8, 4) is 11.8 Å². The molecule has 15 heteroatoms. The maximum atomic E-state index is 14.2. The van der Waals surface area contributed by atoms with E-state index in [9.17, 15) is 28.8 Å². The number of fused-ring (bicyclic) bond motifs is 3. The van der Waals surface area contributed by atoms with Crippen molar-refractivity contribution >= 4 is 58.7 Å². The van der Waals surface area contributed by atoms with Gasteiger partial charge < -0.3 is 25.3 Å². The standard InChI is InChI=1S/C44H47ClN8O6/c1-26-21-38(56)49-40-39(26)41(48-25-47-40)51-19-20-52(35-22-34(35)51)44(59)31(28-13-15-29(45)16-14-28)23-46-36(54)12-7-5-3-2-4-6-9-27-10-8-11-30-32(27)24-53(43(30)58)33-17-18-37(55)50-42(33)57/h8,10-11,13-16,25-26,31,33-35H,2-5,7,12,17-24H2,1H3,(H,46,54)(H,50,55,57)(H,47,48,49,56)/t26-,31-,33?,34+,35-/m1/s1. The van der Waals surface area contributed by atoms with E-state index >= 15 is 0 Å². The van der Waals surface area contributed by atoms with Crippen LogP contribution in [0, 0.1) is 11.8 Å². The first-order valence-electron chi connectivity index (χ1n) is 20.6. The molecule has 1 saturated carbocycles. The fraction of sp³-hybridized carbons (Fsp3) is 0.455. The number of piperazine rings is 1. The number of nitrogens with zero attached hydrogens (tertiary/aromatic N) is 5. The highest BCUT2D eigenvalue weighted by atomic mass is 35.5. The van der Waals surface area contributed by atoms with Crippen molar-refractivity contribution in [2.24, 2.45) is 0 Å². The van der Waals surface area contributed by atoms with Crippen molar-refractivity contribution in [2.45, 2.75) is 108 Å². The highest BCUT2D eigenvalue weighted by Crippen LogP contribution is 2.44. The molecular weight excluding hydrogens is 772 g/mol. The van der Waals surface area contributed by atoms with Crippen molar-refractivity contribution in [2.75, 3.05) is 29.9 Å². The number of carbonyl (C=O) groups excluding carboxylic acids is 6. The number of aromatic nitrogens is 2. The Balaban J connectivity index is 0.798. The molecule has 3 fully saturated rings. The molecule has 0 spiro atoms. The zero-order chi connectivity index (χ0) is 41.2. The molecule has 14 nitrogen and oxygen atoms in total. The molecule has 4 aliphatic heterocycles. The number of benzene rings is 2. The zero-order valence-electron chi connectivity index (χ0n) is 33.0. The third-order valence-electron chi connectivity index (χ3n) is 12.1. The average molecular weight is 819 g/mol. The Morgan fingerprint density at radius 2 is 1.76 bits per heavy atom. The summed E-state index contributed by atoms with van der Waals surface area (Å²) in [6, 6.07) is 12.2. The van der Waals surface area contributed by atoms with Crippen molar-refractivity contribution in [1.29, 1.82) is 0 Å². The minimum atomic E-state index is -0.665. The Kier molecular flexibility index (Phi) is 11.7. The number of hydrogen-bond donors (Lipinski definition) is 3. The zero-order valence-corrected chi connectivity index (χ0v) is 33.7. The summed E-state index contributed by atoms with van der Waals surface area (Å²) in [5, 5.41) is 8.82. The Morgan fingerprint density at radius 1 is 0.949 bits per heavy atom. The fourth-order valence-electron chi connectivity index (χ4n) is 8.91. The molecule has 3 aromatic rings. The average Bonchev–Trinajstić information content (AvgIpc) is 3.95. The molecular formula is C44H47ClN8O6. The number of nitrogens with one attached hydrogen (secondary N) is 3. The third kappa shape index (κ3) is 8.52. The normalized spacial score (nSPS) is 22.3. The van der Waals surface area contributed by atoms with Crippen LogP contribution in [0.3, 0.4) is 0 Å². The van der Waals surface area contributed by atoms with E-state index in [0.717, 1.165) is 53.8 Å². The first-order chi connectivity index (χ1) is 28.6. The van der Waals surface area contributed by atoms with Crippen LogP contribution in [0.25, 0.3) is 0 Å². The Bertz CT molecular complexity index is 2250. The van der Waals surface area contributed by atoms with E-state index in [1.165, 1.54) is 11.2 Å². The van der Waals surface area contributed by atoms with Gasteiger partial charge in [-0.15, -0.1) is 0 Å². The Hall–Kier alpha value is -5.81. The monoisotopic (exact) mass is 818 g/mol. The van der Waals surface area contributed by atoms with Gasteiger partial charge in [-0.25, -0.2) is 9.97 Å². The van der Waals surface area contributed by atoms with Gasteiger partial charge in [0, 0.05) is 73.6 Å². The molecule has 3 N–H and O–H groups in total. The van der Waals surface area contributed by atoms with E-state index in [-0.39, 0.29) is 67.0 Å². The lowest BCUT2D eigenvalue weighted by molar-refractivity contribution is -0.137. The molecule has 1 aromatic heterocycles. The molecule has 8 rings (SSSR count). The van der Waals surface area contributed by atoms with Crippen LogP contribution in [0.4, 0.5) is 11.6 Å². The van der Waals surface area contributed by atoms with Crippen LogP contribution in [0.2, 0.25) is 5.02 Å². The molecule has 59 heavy (non-hydrogen) atoms. The number of anilines is 2. The number of amides is 6. The fourth-order valence-corrected chi connectivity index (χ4v) is 9.04. The second-order valence-electron chi connectivity index (χ2n) is 16.1. The predicted molar refractivity (Wildman–Crippen MR) is 219 cm³/mol. The molecule has 6 amide bonds. The maximum absolute atomic E-state index is 14.2. The lowest BCUT2D eigenvalue weighted by Gasteiger charge is -2.38. The number of hydrogen-bond acceptors (Lipinski definition) is 9. The van der Waals surface area contributed by atoms with E-state index in [2.05, 4.69) is 42.7 Å². The lowest BCUT2D eigenvalue weighted by Crippen LogP contribution is -2.52. The third-order valence-corrected chi connectivity index (χ3v) is 12.4. The summed E-state index contributed by atoms with van der Waals surface area (Å²) in [5.41, 5.74) is 3.87. The van der Waals surface area contributed by atoms with Gasteiger partial charge in [0.25, 0.3) is 5.91 Å². The van der Waals surface area contributed by atoms with Crippen molar-refractivity contribution in [3.05, 3.63) is 81.6 Å². The van der Waals surface area contributed by atoms with Gasteiger partial charge in [-0.1, -0.05) is 61.4 Å². The highest BCUT2D eigenvalue weighted by Gasteiger charge is 2.53. The second-order valence-corrected chi connectivity index (χ2v) is 16.5. The number of carbonyl (C=O) groups is 6. The molecule has 306 valence electrons. The van der Waals surface area contributed by atoms with E-state index in [4.69, 9.17) is 11.6 Å². The Morgan fingerprint density at radius 3 is 2.58 bits per heavy atom. The lowest BCUT2D eigenvalue weighted by atomic mass is 9.94. The second kappa shape index (κ2) is 17.2. The van der Waals surface area contributed by atoms with Gasteiger partial charge in [0.2, 0.25) is 29.5 Å². The van der Waals surface area contributed by atoms with Crippen LogP contribution < -0.4 is 20.9 Å². The molecule has 1 aliphatic carbocycles. The molecule has 0 radical (unpaired) electrons. The maximum Gasteiger partial charge on any atom is 0.255 e. The van der Waals surface area contributed by atoms with Crippen LogP contribution in [0.5, 0.6) is 0 Å². The minimum absolute atomic E-state index is 0.00976. The summed E-state index contributed by atoms with van der Waals surface area (Å²) in [6.45, 7) is 3.60. The van der Waals surface area contributed by atoms with Gasteiger partial charge in [0.15, 0.2) is 0 Å². The van der Waals surface area contributed by atoms with Gasteiger partial charge in [0.1, 0.15) is 24.0 Å². The molecule has 2 saturated heterocycles. The molecule has 1 unspecified atom stereocenters. The van der Waals surface area contributed by atoms with Crippen LogP contribution in [-0.2, 0) is 30.5 Å². The summed E-state index contributed by atoms with van der Waals surface area (Å²) >= 11 is 6.20. The summed E-state index contributed by atoms with van der Waals surface area (Å²) in [7, 11) is 0. The summed E-state index contributed by atoms with van der Waals surface area (Å²) < 4.78 is 0. The quantitative estimate of drug-likeness (QED) is 0.136. The van der Waals surface area contributed by atoms with Crippen molar-refractivity contribution in [3.63, 3.8) is 0 Å². The first-order valence-corrected chi connectivity index (χ1v) is 20.9. The summed E-state index contributed by atoms with van der Waals surface area (Å²) in [4.78, 5) is 91.3. The van der Waals surface area contributed by atoms with E-state index in [0.29, 0.717) is 61.6 Å². The first kappa shape index (κ1) is 40.0. The molecule has 5 heterocycles. The van der Waals surface area contributed by atoms with Gasteiger partial charge in [-0.05, 0) is 67.0 Å². The summed E-state index contributed by atoms with van der Waals surface area (Å²) in [5.74, 6) is 6.12. The molecule has 5 atom stereocenters. The minimum Gasteiger partial charge on any atom is -0.355 e. The number of piperidine rings is 1. The number of unbranched alkanes of at least 4 members (excludes halogenated alkanes) is 4. The van der Waals surface area contributed by atoms with Crippen LogP contribution in [0.15, 0.2) is 48.8 Å². The van der Waals surface area contributed by atoms with Crippen LogP contribution >= 0.6 is 11.6 Å². The number of imide groups is 1. The highest BCUT2D eigenvalue weighted by molar-refractivity contribution is 6.30. The van der Waals surface area contributed by atoms with Gasteiger partial charge >= 0.3 is 0 Å². The number of halogens is 1. The van der Waals surface area contributed by atoms with E-state index in [1.807, 2.05) is 30.0 Å². The predicted octanol–water partition coefficient (Wildman–Crippen LogP) is 4.42. The van der Waals surface area contributed by atoms with Crippen molar-refractivity contribution in [1.82, 2.24) is 30.4 Å². The summed E-state index contributed by atoms with van der Waals surface area (Å²) in [6.07, 6.45) is 7.57. The van der Waals surface area contributed by atoms with E-state index < -0.39 is 17.9 Å². The Labute approximate surface area is 347 Å². The molecule has 2 aromatic carbocycles. The SMILES string of the molecule is C[C@@H]1CC(=O)Nc2ncnc(N3CCN(C(=O)[C@H](CNC(=O)CCCCCCC#Cc4cccc5c4CN(C4CCC(=O)NC4=O)C5=O)c4ccc(Cl)cc4)[C@@H]4C[C@@H]43)c21. The van der Waals surface area contributed by atoms with E-state index in [1.54, 1.807) is 24.3 Å². The smallest absolute Gasteiger partial charge is 0.255 e. The van der Waals surface area contributed by atoms with Gasteiger partial charge in [-0.2, -0.15) is 0 Å². The topological polar surface area (TPSA) is 174 Å². The van der Waals surface area contributed by atoms with Gasteiger partial charge in [-0.3, -0.25) is 34.1 Å². The molecule has 0 bridgehead atoms. The van der Waals surface area contributed by atoms with Gasteiger partial charge in [0.05, 0.1) is 18.0 Å². The molecule has 5 aliphatic rings. The van der Waals surface area contributed by atoms with Crippen LogP contribution in [-0.4, -0.2) is 93.0 Å². The van der Waals surface area contributed by atoms with Crippen molar-refractivity contribution < 1.29 is 28.8 Å².